The Bertz CT molecular complexity index is 1170. The van der Waals surface area contributed by atoms with Gasteiger partial charge in [0.25, 0.3) is 5.89 Å². The predicted octanol–water partition coefficient (Wildman–Crippen LogP) is 3.64. The summed E-state index contributed by atoms with van der Waals surface area (Å²) in [6, 6.07) is 11.5. The molecule has 3 N–H and O–H groups in total. The number of aliphatic hydroxyl groups is 1. The van der Waals surface area contributed by atoms with Crippen molar-refractivity contribution in [1.82, 2.24) is 15.5 Å². The molecule has 0 spiro atoms. The van der Waals surface area contributed by atoms with Crippen LogP contribution in [-0.2, 0) is 11.3 Å². The molecule has 2 aromatic carbocycles. The number of nitrogens with zero attached hydrogens (tertiary/aromatic N) is 3. The molecule has 0 saturated heterocycles. The van der Waals surface area contributed by atoms with Crippen molar-refractivity contribution >= 4 is 17.6 Å². The Morgan fingerprint density at radius 3 is 2.73 bits per heavy atom. The van der Waals surface area contributed by atoms with Crippen LogP contribution in [0.4, 0.5) is 0 Å². The number of halogens is 1. The van der Waals surface area contributed by atoms with Crippen LogP contribution in [-0.4, -0.2) is 45.1 Å². The summed E-state index contributed by atoms with van der Waals surface area (Å²) < 4.78 is 11.0. The lowest BCUT2D eigenvalue weighted by Gasteiger charge is -2.13. The standard InChI is InChI=1S/C23H23ClN4O5/c1-13(2)32-20-6-4-15(10-16(20)11-25)22-27-21(28-33-22)17-5-3-14(9-18(17)24)12-26-19(7-8-29)23(30)31/h3-6,9-10,13,19,26,29H,7-8,12H2,1-2H3,(H,30,31). The van der Waals surface area contributed by atoms with E-state index in [1.54, 1.807) is 36.4 Å². The minimum atomic E-state index is -1.03. The monoisotopic (exact) mass is 470 g/mol. The molecule has 0 amide bonds. The molecule has 33 heavy (non-hydrogen) atoms. The lowest BCUT2D eigenvalue weighted by atomic mass is 10.1. The summed E-state index contributed by atoms with van der Waals surface area (Å²) in [5.41, 5.74) is 2.23. The van der Waals surface area contributed by atoms with Crippen molar-refractivity contribution in [3.05, 3.63) is 52.5 Å². The number of carboxylic acids is 1. The molecule has 0 radical (unpaired) electrons. The van der Waals surface area contributed by atoms with Gasteiger partial charge in [-0.25, -0.2) is 0 Å². The van der Waals surface area contributed by atoms with E-state index in [1.807, 2.05) is 13.8 Å². The van der Waals surface area contributed by atoms with Gasteiger partial charge in [-0.1, -0.05) is 22.8 Å². The van der Waals surface area contributed by atoms with Gasteiger partial charge in [0.15, 0.2) is 0 Å². The number of benzene rings is 2. The molecule has 3 aromatic rings. The van der Waals surface area contributed by atoms with E-state index in [0.717, 1.165) is 5.56 Å². The van der Waals surface area contributed by atoms with Gasteiger partial charge in [0, 0.05) is 24.3 Å². The number of nitriles is 1. The second kappa shape index (κ2) is 10.9. The molecule has 10 heteroatoms. The highest BCUT2D eigenvalue weighted by Crippen LogP contribution is 2.30. The highest BCUT2D eigenvalue weighted by atomic mass is 35.5. The van der Waals surface area contributed by atoms with Gasteiger partial charge in [-0.05, 0) is 56.2 Å². The topological polar surface area (TPSA) is 142 Å². The summed E-state index contributed by atoms with van der Waals surface area (Å²) in [6.07, 6.45) is 0.0354. The largest absolute Gasteiger partial charge is 0.490 e. The molecular formula is C23H23ClN4O5. The molecule has 0 saturated carbocycles. The quantitative estimate of drug-likeness (QED) is 0.404. The van der Waals surface area contributed by atoms with Crippen molar-refractivity contribution in [3.63, 3.8) is 0 Å². The summed E-state index contributed by atoms with van der Waals surface area (Å²) >= 11 is 6.41. The minimum absolute atomic E-state index is 0.0667. The summed E-state index contributed by atoms with van der Waals surface area (Å²) in [5.74, 6) is -0.0475. The Kier molecular flexibility index (Phi) is 8.01. The van der Waals surface area contributed by atoms with Crippen LogP contribution in [0.3, 0.4) is 0 Å². The molecule has 0 bridgehead atoms. The fraction of sp³-hybridized carbons (Fsp3) is 0.304. The van der Waals surface area contributed by atoms with Crippen LogP contribution < -0.4 is 10.1 Å². The van der Waals surface area contributed by atoms with Crippen LogP contribution >= 0.6 is 11.6 Å². The van der Waals surface area contributed by atoms with E-state index in [2.05, 4.69) is 21.5 Å². The Morgan fingerprint density at radius 2 is 2.09 bits per heavy atom. The van der Waals surface area contributed by atoms with Crippen molar-refractivity contribution in [2.45, 2.75) is 39.0 Å². The zero-order valence-electron chi connectivity index (χ0n) is 18.1. The lowest BCUT2D eigenvalue weighted by molar-refractivity contribution is -0.139. The average molecular weight is 471 g/mol. The number of aliphatic carboxylic acids is 1. The van der Waals surface area contributed by atoms with Crippen LogP contribution in [0.1, 0.15) is 31.4 Å². The van der Waals surface area contributed by atoms with Gasteiger partial charge in [-0.15, -0.1) is 0 Å². The Morgan fingerprint density at radius 1 is 1.30 bits per heavy atom. The van der Waals surface area contributed by atoms with Gasteiger partial charge < -0.3 is 24.8 Å². The second-order valence-electron chi connectivity index (χ2n) is 7.51. The number of hydrogen-bond acceptors (Lipinski definition) is 8. The molecule has 3 rings (SSSR count). The molecule has 1 atom stereocenters. The fourth-order valence-corrected chi connectivity index (χ4v) is 3.38. The Labute approximate surface area is 195 Å². The van der Waals surface area contributed by atoms with Crippen molar-refractivity contribution in [1.29, 1.82) is 5.26 Å². The third kappa shape index (κ3) is 6.08. The zero-order chi connectivity index (χ0) is 24.0. The first-order valence-corrected chi connectivity index (χ1v) is 10.6. The van der Waals surface area contributed by atoms with E-state index in [1.165, 1.54) is 0 Å². The normalized spacial score (nSPS) is 11.9. The predicted molar refractivity (Wildman–Crippen MR) is 121 cm³/mol. The molecule has 0 aliphatic rings. The van der Waals surface area contributed by atoms with Gasteiger partial charge >= 0.3 is 5.97 Å². The molecule has 172 valence electrons. The number of aromatic nitrogens is 2. The third-order valence-electron chi connectivity index (χ3n) is 4.68. The molecule has 1 unspecified atom stereocenters. The van der Waals surface area contributed by atoms with E-state index >= 15 is 0 Å². The third-order valence-corrected chi connectivity index (χ3v) is 4.99. The Balaban J connectivity index is 1.78. The SMILES string of the molecule is CC(C)Oc1ccc(-c2nc(-c3ccc(CNC(CCO)C(=O)O)cc3Cl)no2)cc1C#N. The highest BCUT2D eigenvalue weighted by Gasteiger charge is 2.18. The van der Waals surface area contributed by atoms with Crippen molar-refractivity contribution in [3.8, 4) is 34.7 Å². The number of aliphatic hydroxyl groups excluding tert-OH is 1. The van der Waals surface area contributed by atoms with Crippen LogP contribution in [0.15, 0.2) is 40.9 Å². The summed E-state index contributed by atoms with van der Waals surface area (Å²) in [5, 5.41) is 34.8. The maximum absolute atomic E-state index is 11.2. The van der Waals surface area contributed by atoms with Crippen LogP contribution in [0.2, 0.25) is 5.02 Å². The fourth-order valence-electron chi connectivity index (χ4n) is 3.09. The average Bonchev–Trinajstić information content (AvgIpc) is 3.26. The van der Waals surface area contributed by atoms with Gasteiger partial charge in [-0.2, -0.15) is 10.2 Å². The van der Waals surface area contributed by atoms with Crippen LogP contribution in [0, 0.1) is 11.3 Å². The number of carbonyl (C=O) groups is 1. The minimum Gasteiger partial charge on any atom is -0.490 e. The number of carboxylic acid groups (broad SMARTS) is 1. The number of hydrogen-bond donors (Lipinski definition) is 3. The van der Waals surface area contributed by atoms with E-state index in [4.69, 9.17) is 31.1 Å². The van der Waals surface area contributed by atoms with E-state index in [-0.39, 0.29) is 37.4 Å². The summed E-state index contributed by atoms with van der Waals surface area (Å²) in [7, 11) is 0. The number of ether oxygens (including phenoxy) is 1. The highest BCUT2D eigenvalue weighted by molar-refractivity contribution is 6.33. The van der Waals surface area contributed by atoms with Gasteiger partial charge in [0.2, 0.25) is 5.82 Å². The smallest absolute Gasteiger partial charge is 0.320 e. The van der Waals surface area contributed by atoms with Gasteiger partial charge in [0.05, 0.1) is 16.7 Å². The molecule has 0 aliphatic carbocycles. The zero-order valence-corrected chi connectivity index (χ0v) is 18.8. The van der Waals surface area contributed by atoms with E-state index in [0.29, 0.717) is 27.5 Å². The molecule has 9 nitrogen and oxygen atoms in total. The van der Waals surface area contributed by atoms with Crippen LogP contribution in [0.25, 0.3) is 22.8 Å². The molecule has 0 aliphatic heterocycles. The number of nitrogens with one attached hydrogen (secondary N) is 1. The molecular weight excluding hydrogens is 448 g/mol. The maximum atomic E-state index is 11.2. The van der Waals surface area contributed by atoms with Crippen molar-refractivity contribution < 1.29 is 24.3 Å². The first kappa shape index (κ1) is 24.2. The van der Waals surface area contributed by atoms with Gasteiger partial charge in [-0.3, -0.25) is 4.79 Å². The summed E-state index contributed by atoms with van der Waals surface area (Å²) in [4.78, 5) is 15.6. The molecule has 0 fully saturated rings. The van der Waals surface area contributed by atoms with E-state index < -0.39 is 12.0 Å². The first-order chi connectivity index (χ1) is 15.8. The second-order valence-corrected chi connectivity index (χ2v) is 7.92. The Hall–Kier alpha value is -3.45. The van der Waals surface area contributed by atoms with Crippen molar-refractivity contribution in [2.75, 3.05) is 6.61 Å². The maximum Gasteiger partial charge on any atom is 0.320 e. The van der Waals surface area contributed by atoms with E-state index in [9.17, 15) is 10.1 Å². The molecule has 1 heterocycles. The van der Waals surface area contributed by atoms with Crippen LogP contribution in [0.5, 0.6) is 5.75 Å². The number of rotatable bonds is 10. The summed E-state index contributed by atoms with van der Waals surface area (Å²) in [6.45, 7) is 3.79. The van der Waals surface area contributed by atoms with Gasteiger partial charge in [0.1, 0.15) is 17.9 Å². The lowest BCUT2D eigenvalue weighted by Crippen LogP contribution is -2.36. The van der Waals surface area contributed by atoms with Crippen molar-refractivity contribution in [2.24, 2.45) is 0 Å². The molecule has 1 aromatic heterocycles. The first-order valence-electron chi connectivity index (χ1n) is 10.2.